The zero-order valence-electron chi connectivity index (χ0n) is 13.1. The number of ether oxygens (including phenoxy) is 2. The molecule has 0 fully saturated rings. The Labute approximate surface area is 126 Å². The monoisotopic (exact) mass is 294 g/mol. The molecule has 118 valence electrons. The van der Waals surface area contributed by atoms with Crippen LogP contribution in [0.25, 0.3) is 0 Å². The van der Waals surface area contributed by atoms with E-state index in [1.54, 1.807) is 7.11 Å². The van der Waals surface area contributed by atoms with E-state index in [-0.39, 0.29) is 11.8 Å². The summed E-state index contributed by atoms with van der Waals surface area (Å²) in [6.07, 6.45) is 0.891. The highest BCUT2D eigenvalue weighted by Crippen LogP contribution is 2.11. The average Bonchev–Trinajstić information content (AvgIpc) is 2.53. The van der Waals surface area contributed by atoms with Crippen molar-refractivity contribution in [3.63, 3.8) is 0 Å². The van der Waals surface area contributed by atoms with Gasteiger partial charge in [-0.2, -0.15) is 0 Å². The van der Waals surface area contributed by atoms with Gasteiger partial charge in [-0.05, 0) is 23.6 Å². The van der Waals surface area contributed by atoms with E-state index in [1.807, 2.05) is 38.1 Å². The van der Waals surface area contributed by atoms with E-state index in [0.717, 1.165) is 17.7 Å². The van der Waals surface area contributed by atoms with Crippen LogP contribution in [-0.4, -0.2) is 32.2 Å². The second kappa shape index (κ2) is 9.37. The highest BCUT2D eigenvalue weighted by Gasteiger charge is 2.18. The molecule has 1 aromatic rings. The van der Waals surface area contributed by atoms with Crippen molar-refractivity contribution in [1.82, 2.24) is 5.32 Å². The van der Waals surface area contributed by atoms with Crippen molar-refractivity contribution in [2.24, 2.45) is 11.7 Å². The predicted octanol–water partition coefficient (Wildman–Crippen LogP) is 1.70. The Bertz CT molecular complexity index is 420. The molecule has 5 nitrogen and oxygen atoms in total. The van der Waals surface area contributed by atoms with E-state index in [4.69, 9.17) is 15.2 Å². The molecule has 0 saturated heterocycles. The first-order chi connectivity index (χ1) is 10.1. The molecule has 1 rings (SSSR count). The minimum Gasteiger partial charge on any atom is -0.497 e. The van der Waals surface area contributed by atoms with Gasteiger partial charge in [0.25, 0.3) is 0 Å². The second-order valence-electron chi connectivity index (χ2n) is 5.10. The van der Waals surface area contributed by atoms with E-state index >= 15 is 0 Å². The van der Waals surface area contributed by atoms with Crippen LogP contribution in [-0.2, 0) is 16.1 Å². The second-order valence-corrected chi connectivity index (χ2v) is 5.10. The van der Waals surface area contributed by atoms with Gasteiger partial charge in [-0.1, -0.05) is 32.4 Å². The molecule has 3 N–H and O–H groups in total. The van der Waals surface area contributed by atoms with Gasteiger partial charge in [0.2, 0.25) is 5.91 Å². The van der Waals surface area contributed by atoms with Gasteiger partial charge in [-0.3, -0.25) is 4.79 Å². The number of hydrogen-bond acceptors (Lipinski definition) is 4. The SMILES string of the molecule is CCC(C)C(N)C(=O)NCCOCc1ccc(OC)cc1. The zero-order valence-corrected chi connectivity index (χ0v) is 13.1. The van der Waals surface area contributed by atoms with Crippen molar-refractivity contribution in [3.8, 4) is 5.75 Å². The van der Waals surface area contributed by atoms with E-state index in [2.05, 4.69) is 5.32 Å². The van der Waals surface area contributed by atoms with Gasteiger partial charge in [-0.25, -0.2) is 0 Å². The molecule has 0 aromatic heterocycles. The van der Waals surface area contributed by atoms with Crippen molar-refractivity contribution in [2.45, 2.75) is 32.9 Å². The van der Waals surface area contributed by atoms with Crippen LogP contribution >= 0.6 is 0 Å². The summed E-state index contributed by atoms with van der Waals surface area (Å²) >= 11 is 0. The van der Waals surface area contributed by atoms with Gasteiger partial charge < -0.3 is 20.5 Å². The van der Waals surface area contributed by atoms with Crippen LogP contribution < -0.4 is 15.8 Å². The van der Waals surface area contributed by atoms with Gasteiger partial charge in [0.1, 0.15) is 5.75 Å². The summed E-state index contributed by atoms with van der Waals surface area (Å²) in [5.41, 5.74) is 6.91. The van der Waals surface area contributed by atoms with Gasteiger partial charge >= 0.3 is 0 Å². The number of carbonyl (C=O) groups excluding carboxylic acids is 1. The summed E-state index contributed by atoms with van der Waals surface area (Å²) < 4.78 is 10.6. The molecule has 0 aliphatic heterocycles. The number of nitrogens with one attached hydrogen (secondary N) is 1. The smallest absolute Gasteiger partial charge is 0.237 e. The van der Waals surface area contributed by atoms with Crippen LogP contribution in [0, 0.1) is 5.92 Å². The third kappa shape index (κ3) is 6.14. The summed E-state index contributed by atoms with van der Waals surface area (Å²) in [6.45, 7) is 5.45. The quantitative estimate of drug-likeness (QED) is 0.680. The summed E-state index contributed by atoms with van der Waals surface area (Å²) in [5, 5.41) is 2.79. The normalized spacial score (nSPS) is 13.5. The fourth-order valence-electron chi connectivity index (χ4n) is 1.79. The van der Waals surface area contributed by atoms with Gasteiger partial charge in [0.15, 0.2) is 0 Å². The zero-order chi connectivity index (χ0) is 15.7. The number of rotatable bonds is 9. The topological polar surface area (TPSA) is 73.6 Å². The van der Waals surface area contributed by atoms with Crippen LogP contribution in [0.5, 0.6) is 5.75 Å². The molecular formula is C16H26N2O3. The molecule has 5 heteroatoms. The summed E-state index contributed by atoms with van der Waals surface area (Å²) in [4.78, 5) is 11.7. The fraction of sp³-hybridized carbons (Fsp3) is 0.562. The molecule has 1 amide bonds. The van der Waals surface area contributed by atoms with Crippen molar-refractivity contribution < 1.29 is 14.3 Å². The number of methoxy groups -OCH3 is 1. The lowest BCUT2D eigenvalue weighted by molar-refractivity contribution is -0.123. The van der Waals surface area contributed by atoms with Crippen LogP contribution in [0.1, 0.15) is 25.8 Å². The fourth-order valence-corrected chi connectivity index (χ4v) is 1.79. The molecule has 2 atom stereocenters. The highest BCUT2D eigenvalue weighted by atomic mass is 16.5. The Morgan fingerprint density at radius 1 is 1.33 bits per heavy atom. The van der Waals surface area contributed by atoms with Crippen molar-refractivity contribution >= 4 is 5.91 Å². The molecule has 0 bridgehead atoms. The average molecular weight is 294 g/mol. The molecule has 0 aliphatic rings. The maximum Gasteiger partial charge on any atom is 0.237 e. The van der Waals surface area contributed by atoms with Crippen molar-refractivity contribution in [2.75, 3.05) is 20.3 Å². The Morgan fingerprint density at radius 2 is 2.00 bits per heavy atom. The summed E-state index contributed by atoms with van der Waals surface area (Å²) in [5.74, 6) is 0.896. The first kappa shape index (κ1) is 17.5. The van der Waals surface area contributed by atoms with E-state index in [9.17, 15) is 4.79 Å². The van der Waals surface area contributed by atoms with Crippen molar-refractivity contribution in [1.29, 1.82) is 0 Å². The molecule has 21 heavy (non-hydrogen) atoms. The van der Waals surface area contributed by atoms with Crippen molar-refractivity contribution in [3.05, 3.63) is 29.8 Å². The Balaban J connectivity index is 2.17. The van der Waals surface area contributed by atoms with E-state index in [0.29, 0.717) is 19.8 Å². The molecule has 0 heterocycles. The molecule has 0 radical (unpaired) electrons. The van der Waals surface area contributed by atoms with Gasteiger partial charge in [0, 0.05) is 6.54 Å². The largest absolute Gasteiger partial charge is 0.497 e. The first-order valence-corrected chi connectivity index (χ1v) is 7.32. The van der Waals surface area contributed by atoms with Crippen LogP contribution in [0.15, 0.2) is 24.3 Å². The highest BCUT2D eigenvalue weighted by molar-refractivity contribution is 5.81. The molecule has 1 aromatic carbocycles. The first-order valence-electron chi connectivity index (χ1n) is 7.32. The number of amides is 1. The lowest BCUT2D eigenvalue weighted by Gasteiger charge is -2.17. The number of carbonyl (C=O) groups is 1. The lowest BCUT2D eigenvalue weighted by atomic mass is 9.99. The minimum absolute atomic E-state index is 0.114. The number of nitrogens with two attached hydrogens (primary N) is 1. The summed E-state index contributed by atoms with van der Waals surface area (Å²) in [7, 11) is 1.64. The molecule has 2 unspecified atom stereocenters. The van der Waals surface area contributed by atoms with Crippen LogP contribution in [0.3, 0.4) is 0 Å². The van der Waals surface area contributed by atoms with Crippen LogP contribution in [0.4, 0.5) is 0 Å². The minimum atomic E-state index is -0.448. The molecular weight excluding hydrogens is 268 g/mol. The van der Waals surface area contributed by atoms with Gasteiger partial charge in [-0.15, -0.1) is 0 Å². The predicted molar refractivity (Wildman–Crippen MR) is 83.1 cm³/mol. The Kier molecular flexibility index (Phi) is 7.79. The summed E-state index contributed by atoms with van der Waals surface area (Å²) in [6, 6.07) is 7.25. The molecule has 0 aliphatic carbocycles. The van der Waals surface area contributed by atoms with Crippen LogP contribution in [0.2, 0.25) is 0 Å². The maximum absolute atomic E-state index is 11.7. The molecule has 0 spiro atoms. The third-order valence-corrected chi connectivity index (χ3v) is 3.53. The maximum atomic E-state index is 11.7. The lowest BCUT2D eigenvalue weighted by Crippen LogP contribution is -2.45. The van der Waals surface area contributed by atoms with E-state index < -0.39 is 6.04 Å². The Hall–Kier alpha value is -1.59. The standard InChI is InChI=1S/C16H26N2O3/c1-4-12(2)15(17)16(19)18-9-10-21-11-13-5-7-14(20-3)8-6-13/h5-8,12,15H,4,9-11,17H2,1-3H3,(H,18,19). The number of benzene rings is 1. The third-order valence-electron chi connectivity index (χ3n) is 3.53. The molecule has 0 saturated carbocycles. The number of hydrogen-bond donors (Lipinski definition) is 2. The van der Waals surface area contributed by atoms with E-state index in [1.165, 1.54) is 0 Å². The van der Waals surface area contributed by atoms with Gasteiger partial charge in [0.05, 0.1) is 26.4 Å². The Morgan fingerprint density at radius 3 is 2.57 bits per heavy atom.